The van der Waals surface area contributed by atoms with E-state index in [0.29, 0.717) is 18.7 Å². The van der Waals surface area contributed by atoms with Gasteiger partial charge >= 0.3 is 0 Å². The highest BCUT2D eigenvalue weighted by Gasteiger charge is 2.31. The molecule has 1 fully saturated rings. The van der Waals surface area contributed by atoms with Crippen LogP contribution in [0.1, 0.15) is 16.8 Å². The summed E-state index contributed by atoms with van der Waals surface area (Å²) in [5.74, 6) is 0.210. The van der Waals surface area contributed by atoms with Gasteiger partial charge in [-0.1, -0.05) is 36.4 Å². The third-order valence-electron chi connectivity index (χ3n) is 5.07. The first-order valence-corrected chi connectivity index (χ1v) is 9.02. The second-order valence-corrected chi connectivity index (χ2v) is 7.23. The number of rotatable bonds is 4. The third kappa shape index (κ3) is 3.54. The molecule has 0 unspecified atom stereocenters. The number of aliphatic hydroxyl groups excluding tert-OH is 1. The average molecular weight is 349 g/mol. The summed E-state index contributed by atoms with van der Waals surface area (Å²) in [4.78, 5) is 19.2. The summed E-state index contributed by atoms with van der Waals surface area (Å²) < 4.78 is 1.58. The van der Waals surface area contributed by atoms with E-state index in [9.17, 15) is 9.90 Å². The Kier molecular flexibility index (Phi) is 4.57. The average Bonchev–Trinajstić information content (AvgIpc) is 2.95. The van der Waals surface area contributed by atoms with Crippen LogP contribution in [0, 0.1) is 12.8 Å². The summed E-state index contributed by atoms with van der Waals surface area (Å²) in [6, 6.07) is 15.7. The van der Waals surface area contributed by atoms with Crippen molar-refractivity contribution in [1.82, 2.24) is 14.3 Å². The van der Waals surface area contributed by atoms with Crippen LogP contribution >= 0.6 is 0 Å². The van der Waals surface area contributed by atoms with Crippen LogP contribution in [0.5, 0.6) is 0 Å². The van der Waals surface area contributed by atoms with E-state index in [-0.39, 0.29) is 17.6 Å². The maximum atomic E-state index is 12.4. The van der Waals surface area contributed by atoms with Gasteiger partial charge in [-0.25, -0.2) is 4.98 Å². The lowest BCUT2D eigenvalue weighted by molar-refractivity contribution is 0.141. The Hall–Kier alpha value is -2.50. The van der Waals surface area contributed by atoms with Gasteiger partial charge in [-0.3, -0.25) is 14.1 Å². The fourth-order valence-corrected chi connectivity index (χ4v) is 3.76. The van der Waals surface area contributed by atoms with Gasteiger partial charge in [0.2, 0.25) is 0 Å². The monoisotopic (exact) mass is 349 g/mol. The first-order chi connectivity index (χ1) is 12.6. The molecular formula is C21H23N3O2. The van der Waals surface area contributed by atoms with Crippen molar-refractivity contribution in [2.45, 2.75) is 26.0 Å². The van der Waals surface area contributed by atoms with Gasteiger partial charge in [0, 0.05) is 37.8 Å². The minimum absolute atomic E-state index is 0.0609. The molecule has 2 aromatic heterocycles. The molecule has 2 atom stereocenters. The van der Waals surface area contributed by atoms with Gasteiger partial charge in [0.15, 0.2) is 0 Å². The Morgan fingerprint density at radius 3 is 2.77 bits per heavy atom. The van der Waals surface area contributed by atoms with Crippen molar-refractivity contribution in [3.63, 3.8) is 0 Å². The van der Waals surface area contributed by atoms with Crippen molar-refractivity contribution >= 4 is 5.65 Å². The van der Waals surface area contributed by atoms with Gasteiger partial charge in [0.1, 0.15) is 5.65 Å². The van der Waals surface area contributed by atoms with Crippen molar-refractivity contribution in [1.29, 1.82) is 0 Å². The van der Waals surface area contributed by atoms with Crippen LogP contribution in [0.25, 0.3) is 5.65 Å². The van der Waals surface area contributed by atoms with E-state index in [0.717, 1.165) is 24.2 Å². The van der Waals surface area contributed by atoms with E-state index in [2.05, 4.69) is 22.0 Å². The smallest absolute Gasteiger partial charge is 0.258 e. The van der Waals surface area contributed by atoms with Crippen LogP contribution in [-0.4, -0.2) is 38.6 Å². The molecule has 0 saturated carbocycles. The summed E-state index contributed by atoms with van der Waals surface area (Å²) in [5, 5.41) is 10.4. The fourth-order valence-electron chi connectivity index (χ4n) is 3.76. The van der Waals surface area contributed by atoms with E-state index >= 15 is 0 Å². The highest BCUT2D eigenvalue weighted by atomic mass is 16.3. The molecule has 3 aromatic rings. The summed E-state index contributed by atoms with van der Waals surface area (Å²) >= 11 is 0. The maximum Gasteiger partial charge on any atom is 0.258 e. The van der Waals surface area contributed by atoms with Gasteiger partial charge in [-0.05, 0) is 30.5 Å². The first-order valence-electron chi connectivity index (χ1n) is 9.02. The normalized spacial score (nSPS) is 20.7. The third-order valence-corrected chi connectivity index (χ3v) is 5.07. The molecule has 0 amide bonds. The van der Waals surface area contributed by atoms with Gasteiger partial charge in [-0.15, -0.1) is 0 Å². The summed E-state index contributed by atoms with van der Waals surface area (Å²) in [6.07, 6.45) is 2.33. The highest BCUT2D eigenvalue weighted by molar-refractivity contribution is 5.39. The molecular weight excluding hydrogens is 326 g/mol. The van der Waals surface area contributed by atoms with E-state index < -0.39 is 0 Å². The molecule has 4 rings (SSSR count). The number of benzene rings is 1. The lowest BCUT2D eigenvalue weighted by Crippen LogP contribution is -2.24. The molecule has 134 valence electrons. The summed E-state index contributed by atoms with van der Waals surface area (Å²) in [5.41, 5.74) is 3.63. The number of fused-ring (bicyclic) bond motifs is 1. The van der Waals surface area contributed by atoms with Crippen molar-refractivity contribution < 1.29 is 5.11 Å². The van der Waals surface area contributed by atoms with Crippen LogP contribution < -0.4 is 5.56 Å². The van der Waals surface area contributed by atoms with Crippen molar-refractivity contribution in [2.75, 3.05) is 13.1 Å². The van der Waals surface area contributed by atoms with E-state index in [1.54, 1.807) is 10.5 Å². The number of hydrogen-bond donors (Lipinski definition) is 1. The number of hydrogen-bond acceptors (Lipinski definition) is 4. The van der Waals surface area contributed by atoms with Crippen molar-refractivity contribution in [3.8, 4) is 0 Å². The minimum atomic E-state index is -0.348. The van der Waals surface area contributed by atoms with Crippen molar-refractivity contribution in [3.05, 3.63) is 81.9 Å². The Labute approximate surface area is 152 Å². The van der Waals surface area contributed by atoms with E-state index in [1.807, 2.05) is 43.5 Å². The lowest BCUT2D eigenvalue weighted by atomic mass is 9.97. The molecule has 1 aliphatic rings. The fraction of sp³-hybridized carbons (Fsp3) is 0.333. The molecule has 0 aliphatic carbocycles. The topological polar surface area (TPSA) is 57.8 Å². The van der Waals surface area contributed by atoms with Crippen LogP contribution in [-0.2, 0) is 13.0 Å². The van der Waals surface area contributed by atoms with E-state index in [4.69, 9.17) is 0 Å². The number of aromatic nitrogens is 2. The molecule has 0 spiro atoms. The molecule has 1 aromatic carbocycles. The van der Waals surface area contributed by atoms with E-state index in [1.165, 1.54) is 5.56 Å². The standard InChI is InChI=1S/C21H23N3O2/c1-15-7-8-20-22-18(10-21(26)24(20)11-15)13-23-12-17(19(25)14-23)9-16-5-3-2-4-6-16/h2-8,10-11,17,19,25H,9,12-14H2,1H3/t17-,19-/m1/s1. The number of aliphatic hydroxyl groups is 1. The molecule has 3 heterocycles. The predicted molar refractivity (Wildman–Crippen MR) is 101 cm³/mol. The van der Waals surface area contributed by atoms with Crippen LogP contribution in [0.15, 0.2) is 59.5 Å². The maximum absolute atomic E-state index is 12.4. The van der Waals surface area contributed by atoms with Gasteiger partial charge < -0.3 is 5.11 Å². The zero-order chi connectivity index (χ0) is 18.1. The zero-order valence-electron chi connectivity index (χ0n) is 14.9. The van der Waals surface area contributed by atoms with Gasteiger partial charge in [0.25, 0.3) is 5.56 Å². The van der Waals surface area contributed by atoms with Crippen LogP contribution in [0.3, 0.4) is 0 Å². The highest BCUT2D eigenvalue weighted by Crippen LogP contribution is 2.22. The molecule has 1 saturated heterocycles. The number of β-amino-alcohol motifs (C(OH)–C–C–N with tert-alkyl or cyclic N) is 1. The summed E-state index contributed by atoms with van der Waals surface area (Å²) in [6.45, 7) is 3.97. The molecule has 1 N–H and O–H groups in total. The van der Waals surface area contributed by atoms with Crippen LogP contribution in [0.4, 0.5) is 0 Å². The number of pyridine rings is 1. The van der Waals surface area contributed by atoms with Gasteiger partial charge in [-0.2, -0.15) is 0 Å². The van der Waals surface area contributed by atoms with Gasteiger partial charge in [0.05, 0.1) is 11.8 Å². The number of nitrogens with zero attached hydrogens (tertiary/aromatic N) is 3. The Morgan fingerprint density at radius 1 is 1.15 bits per heavy atom. The second kappa shape index (κ2) is 7.02. The molecule has 5 nitrogen and oxygen atoms in total. The number of aryl methyl sites for hydroxylation is 1. The molecule has 5 heteroatoms. The number of likely N-dealkylation sites (tertiary alicyclic amines) is 1. The van der Waals surface area contributed by atoms with Crippen LogP contribution in [0.2, 0.25) is 0 Å². The predicted octanol–water partition coefficient (Wildman–Crippen LogP) is 2.04. The minimum Gasteiger partial charge on any atom is -0.391 e. The first kappa shape index (κ1) is 16.9. The lowest BCUT2D eigenvalue weighted by Gasteiger charge is -2.15. The largest absolute Gasteiger partial charge is 0.391 e. The quantitative estimate of drug-likeness (QED) is 0.783. The molecule has 1 aliphatic heterocycles. The summed E-state index contributed by atoms with van der Waals surface area (Å²) in [7, 11) is 0. The zero-order valence-corrected chi connectivity index (χ0v) is 14.9. The van der Waals surface area contributed by atoms with Crippen molar-refractivity contribution in [2.24, 2.45) is 5.92 Å². The SMILES string of the molecule is Cc1ccc2nc(CN3C[C@@H](Cc4ccccc4)[C@H](O)C3)cc(=O)n2c1. The Morgan fingerprint density at radius 2 is 1.96 bits per heavy atom. The molecule has 0 bridgehead atoms. The Bertz CT molecular complexity index is 968. The molecule has 0 radical (unpaired) electrons. The second-order valence-electron chi connectivity index (χ2n) is 7.23. The molecule has 26 heavy (non-hydrogen) atoms. The Balaban J connectivity index is 1.49.